The zero-order valence-corrected chi connectivity index (χ0v) is 14.0. The summed E-state index contributed by atoms with van der Waals surface area (Å²) in [6.45, 7) is 4.24. The first-order valence-electron chi connectivity index (χ1n) is 6.47. The van der Waals surface area contributed by atoms with Crippen molar-refractivity contribution in [3.8, 4) is 11.5 Å². The van der Waals surface area contributed by atoms with Crippen LogP contribution in [0.5, 0.6) is 11.5 Å². The van der Waals surface area contributed by atoms with E-state index in [2.05, 4.69) is 38.8 Å². The molecule has 0 bridgehead atoms. The maximum absolute atomic E-state index is 5.55. The van der Waals surface area contributed by atoms with Gasteiger partial charge in [-0.15, -0.1) is 11.3 Å². The Morgan fingerprint density at radius 3 is 2.75 bits per heavy atom. The van der Waals surface area contributed by atoms with Crippen molar-refractivity contribution in [2.45, 2.75) is 20.0 Å². The van der Waals surface area contributed by atoms with E-state index in [0.29, 0.717) is 6.61 Å². The van der Waals surface area contributed by atoms with Gasteiger partial charge >= 0.3 is 0 Å². The standard InChI is InChI=1S/C15H18BrNO2S/c1-3-19-15-8-13(16)11(7-14(15)18-2)9-17-10-12-5-4-6-20-12/h4-8,17H,3,9-10H2,1-2H3. The third-order valence-electron chi connectivity index (χ3n) is 2.83. The van der Waals surface area contributed by atoms with Gasteiger partial charge in [0, 0.05) is 22.4 Å². The zero-order valence-electron chi connectivity index (χ0n) is 11.6. The van der Waals surface area contributed by atoms with Gasteiger partial charge in [0.25, 0.3) is 0 Å². The number of ether oxygens (including phenoxy) is 2. The molecule has 0 saturated carbocycles. The summed E-state index contributed by atoms with van der Waals surface area (Å²) in [5.74, 6) is 1.53. The molecule has 1 aromatic carbocycles. The predicted molar refractivity (Wildman–Crippen MR) is 86.7 cm³/mol. The van der Waals surface area contributed by atoms with Gasteiger partial charge in [0.05, 0.1) is 13.7 Å². The molecule has 0 spiro atoms. The summed E-state index contributed by atoms with van der Waals surface area (Å²) in [5, 5.41) is 5.52. The zero-order chi connectivity index (χ0) is 14.4. The number of halogens is 1. The highest BCUT2D eigenvalue weighted by Crippen LogP contribution is 2.33. The van der Waals surface area contributed by atoms with Crippen LogP contribution in [0.4, 0.5) is 0 Å². The van der Waals surface area contributed by atoms with Crippen molar-refractivity contribution >= 4 is 27.3 Å². The summed E-state index contributed by atoms with van der Waals surface area (Å²) < 4.78 is 12.0. The van der Waals surface area contributed by atoms with E-state index in [4.69, 9.17) is 9.47 Å². The van der Waals surface area contributed by atoms with Gasteiger partial charge in [-0.25, -0.2) is 0 Å². The van der Waals surface area contributed by atoms with Gasteiger partial charge < -0.3 is 14.8 Å². The number of nitrogens with one attached hydrogen (secondary N) is 1. The van der Waals surface area contributed by atoms with Gasteiger partial charge in [0.15, 0.2) is 11.5 Å². The normalized spacial score (nSPS) is 10.6. The SMILES string of the molecule is CCOc1cc(Br)c(CNCc2cccs2)cc1OC. The molecule has 108 valence electrons. The van der Waals surface area contributed by atoms with Crippen molar-refractivity contribution in [2.75, 3.05) is 13.7 Å². The molecular formula is C15H18BrNO2S. The molecule has 0 aliphatic heterocycles. The lowest BCUT2D eigenvalue weighted by Gasteiger charge is -2.13. The topological polar surface area (TPSA) is 30.5 Å². The van der Waals surface area contributed by atoms with Gasteiger partial charge in [-0.2, -0.15) is 0 Å². The van der Waals surface area contributed by atoms with Crippen LogP contribution in [0.3, 0.4) is 0 Å². The summed E-state index contributed by atoms with van der Waals surface area (Å²) >= 11 is 5.35. The van der Waals surface area contributed by atoms with E-state index < -0.39 is 0 Å². The highest BCUT2D eigenvalue weighted by atomic mass is 79.9. The number of hydrogen-bond donors (Lipinski definition) is 1. The maximum Gasteiger partial charge on any atom is 0.162 e. The minimum absolute atomic E-state index is 0.624. The Hall–Kier alpha value is -1.04. The van der Waals surface area contributed by atoms with Crippen molar-refractivity contribution in [1.29, 1.82) is 0 Å². The molecule has 0 aliphatic rings. The van der Waals surface area contributed by atoms with Crippen LogP contribution < -0.4 is 14.8 Å². The van der Waals surface area contributed by atoms with Crippen molar-refractivity contribution in [3.05, 3.63) is 44.6 Å². The summed E-state index contributed by atoms with van der Waals surface area (Å²) in [6, 6.07) is 8.17. The largest absolute Gasteiger partial charge is 0.493 e. The number of benzene rings is 1. The average Bonchev–Trinajstić information content (AvgIpc) is 2.94. The Balaban J connectivity index is 2.03. The van der Waals surface area contributed by atoms with Crippen LogP contribution in [0.2, 0.25) is 0 Å². The Bertz CT molecular complexity index is 543. The lowest BCUT2D eigenvalue weighted by Crippen LogP contribution is -2.12. The number of hydrogen-bond acceptors (Lipinski definition) is 4. The van der Waals surface area contributed by atoms with Gasteiger partial charge in [0.2, 0.25) is 0 Å². The lowest BCUT2D eigenvalue weighted by atomic mass is 10.2. The summed E-state index contributed by atoms with van der Waals surface area (Å²) in [5.41, 5.74) is 1.15. The first kappa shape index (κ1) is 15.4. The molecule has 1 N–H and O–H groups in total. The van der Waals surface area contributed by atoms with Crippen molar-refractivity contribution in [3.63, 3.8) is 0 Å². The highest BCUT2D eigenvalue weighted by Gasteiger charge is 2.09. The Morgan fingerprint density at radius 2 is 2.10 bits per heavy atom. The minimum atomic E-state index is 0.624. The number of rotatable bonds is 7. The van der Waals surface area contributed by atoms with Crippen LogP contribution in [0.1, 0.15) is 17.4 Å². The minimum Gasteiger partial charge on any atom is -0.493 e. The Kier molecular flexibility index (Phi) is 5.88. The second-order valence-corrected chi connectivity index (χ2v) is 6.10. The smallest absolute Gasteiger partial charge is 0.162 e. The third kappa shape index (κ3) is 3.98. The number of thiophene rings is 1. The molecule has 20 heavy (non-hydrogen) atoms. The second-order valence-electron chi connectivity index (χ2n) is 4.21. The van der Waals surface area contributed by atoms with Gasteiger partial charge in [-0.3, -0.25) is 0 Å². The molecule has 2 rings (SSSR count). The van der Waals surface area contributed by atoms with Crippen molar-refractivity contribution in [1.82, 2.24) is 5.32 Å². The molecular weight excluding hydrogens is 338 g/mol. The van der Waals surface area contributed by atoms with Crippen LogP contribution in [0.15, 0.2) is 34.1 Å². The van der Waals surface area contributed by atoms with Crippen molar-refractivity contribution < 1.29 is 9.47 Å². The van der Waals surface area contributed by atoms with Crippen LogP contribution >= 0.6 is 27.3 Å². The van der Waals surface area contributed by atoms with Gasteiger partial charge in [-0.1, -0.05) is 22.0 Å². The van der Waals surface area contributed by atoms with Gasteiger partial charge in [0.1, 0.15) is 0 Å². The maximum atomic E-state index is 5.55. The molecule has 0 fully saturated rings. The Labute approximate surface area is 132 Å². The monoisotopic (exact) mass is 355 g/mol. The predicted octanol–water partition coefficient (Wildman–Crippen LogP) is 4.21. The summed E-state index contributed by atoms with van der Waals surface area (Å²) in [4.78, 5) is 1.33. The molecule has 0 atom stereocenters. The van der Waals surface area contributed by atoms with Crippen LogP contribution in [-0.4, -0.2) is 13.7 Å². The van der Waals surface area contributed by atoms with Crippen LogP contribution in [-0.2, 0) is 13.1 Å². The highest BCUT2D eigenvalue weighted by molar-refractivity contribution is 9.10. The quantitative estimate of drug-likeness (QED) is 0.806. The fourth-order valence-electron chi connectivity index (χ4n) is 1.87. The molecule has 5 heteroatoms. The third-order valence-corrected chi connectivity index (χ3v) is 4.44. The first-order chi connectivity index (χ1) is 9.74. The lowest BCUT2D eigenvalue weighted by molar-refractivity contribution is 0.310. The van der Waals surface area contributed by atoms with E-state index in [-0.39, 0.29) is 0 Å². The van der Waals surface area contributed by atoms with Gasteiger partial charge in [-0.05, 0) is 36.1 Å². The van der Waals surface area contributed by atoms with Crippen LogP contribution in [0.25, 0.3) is 0 Å². The summed E-state index contributed by atoms with van der Waals surface area (Å²) in [6.07, 6.45) is 0. The molecule has 0 radical (unpaired) electrons. The van der Waals surface area contributed by atoms with E-state index in [9.17, 15) is 0 Å². The molecule has 0 saturated heterocycles. The number of methoxy groups -OCH3 is 1. The second kappa shape index (κ2) is 7.67. The molecule has 1 heterocycles. The van der Waals surface area contributed by atoms with E-state index in [1.54, 1.807) is 18.4 Å². The Morgan fingerprint density at radius 1 is 1.25 bits per heavy atom. The van der Waals surface area contributed by atoms with E-state index in [1.807, 2.05) is 19.1 Å². The first-order valence-corrected chi connectivity index (χ1v) is 8.14. The van der Waals surface area contributed by atoms with E-state index in [0.717, 1.165) is 34.6 Å². The van der Waals surface area contributed by atoms with Crippen molar-refractivity contribution in [2.24, 2.45) is 0 Å². The average molecular weight is 356 g/mol. The molecule has 0 aliphatic carbocycles. The molecule has 0 unspecified atom stereocenters. The fraction of sp³-hybridized carbons (Fsp3) is 0.333. The molecule has 3 nitrogen and oxygen atoms in total. The molecule has 0 amide bonds. The fourth-order valence-corrected chi connectivity index (χ4v) is 3.01. The van der Waals surface area contributed by atoms with E-state index in [1.165, 1.54) is 4.88 Å². The summed E-state index contributed by atoms with van der Waals surface area (Å²) in [7, 11) is 1.66. The van der Waals surface area contributed by atoms with E-state index >= 15 is 0 Å². The molecule has 2 aromatic rings. The van der Waals surface area contributed by atoms with Crippen LogP contribution in [0, 0.1) is 0 Å². The molecule has 1 aromatic heterocycles.